The second kappa shape index (κ2) is 3.17. The average Bonchev–Trinajstić information content (AvgIpc) is 2.43. The molecule has 1 aliphatic rings. The number of carbonyl (C=O) groups excluding carboxylic acids is 1. The Bertz CT molecular complexity index is 387. The Hall–Kier alpha value is -1.22. The summed E-state index contributed by atoms with van der Waals surface area (Å²) < 4.78 is 12.9. The van der Waals surface area contributed by atoms with Crippen molar-refractivity contribution in [2.45, 2.75) is 19.4 Å². The fourth-order valence-corrected chi connectivity index (χ4v) is 1.93. The van der Waals surface area contributed by atoms with E-state index in [0.29, 0.717) is 12.0 Å². The van der Waals surface area contributed by atoms with Crippen molar-refractivity contribution in [3.05, 3.63) is 35.1 Å². The van der Waals surface area contributed by atoms with Gasteiger partial charge in [-0.3, -0.25) is 4.79 Å². The van der Waals surface area contributed by atoms with Crippen LogP contribution in [0.1, 0.15) is 22.8 Å². The highest BCUT2D eigenvalue weighted by Gasteiger charge is 2.32. The predicted molar refractivity (Wildman–Crippen MR) is 51.6 cm³/mol. The largest absolute Gasteiger partial charge is 0.327 e. The van der Waals surface area contributed by atoms with Crippen molar-refractivity contribution in [2.24, 2.45) is 11.7 Å². The topological polar surface area (TPSA) is 43.1 Å². The van der Waals surface area contributed by atoms with Gasteiger partial charge in [0.2, 0.25) is 0 Å². The summed E-state index contributed by atoms with van der Waals surface area (Å²) in [6.45, 7) is 1.81. The number of carbonyl (C=O) groups is 1. The number of hydrogen-bond acceptors (Lipinski definition) is 2. The van der Waals surface area contributed by atoms with Crippen LogP contribution in [0.2, 0.25) is 0 Å². The van der Waals surface area contributed by atoms with Crippen LogP contribution in [0.25, 0.3) is 0 Å². The molecule has 0 amide bonds. The smallest absolute Gasteiger partial charge is 0.168 e. The Balaban J connectivity index is 2.40. The number of hydrogen-bond donors (Lipinski definition) is 1. The maximum absolute atomic E-state index is 12.9. The van der Waals surface area contributed by atoms with Crippen molar-refractivity contribution < 1.29 is 9.18 Å². The lowest BCUT2D eigenvalue weighted by Gasteiger charge is -2.10. The highest BCUT2D eigenvalue weighted by molar-refractivity contribution is 6.02. The van der Waals surface area contributed by atoms with Crippen molar-refractivity contribution in [2.75, 3.05) is 0 Å². The number of ketones is 1. The Kier molecular flexibility index (Phi) is 2.11. The van der Waals surface area contributed by atoms with Crippen LogP contribution in [-0.2, 0) is 6.42 Å². The SMILES string of the molecule is CC(N)C1Cc2cc(F)ccc2C1=O. The quantitative estimate of drug-likeness (QED) is 0.735. The number of halogens is 1. The third kappa shape index (κ3) is 1.34. The summed E-state index contributed by atoms with van der Waals surface area (Å²) in [7, 11) is 0. The van der Waals surface area contributed by atoms with Crippen LogP contribution in [0.4, 0.5) is 4.39 Å². The molecule has 1 aromatic rings. The Morgan fingerprint density at radius 2 is 2.29 bits per heavy atom. The fraction of sp³-hybridized carbons (Fsp3) is 0.364. The van der Waals surface area contributed by atoms with Gasteiger partial charge in [0.15, 0.2) is 5.78 Å². The second-order valence-electron chi connectivity index (χ2n) is 3.84. The van der Waals surface area contributed by atoms with Crippen molar-refractivity contribution >= 4 is 5.78 Å². The van der Waals surface area contributed by atoms with E-state index < -0.39 is 0 Å². The number of rotatable bonds is 1. The van der Waals surface area contributed by atoms with Crippen LogP contribution in [0, 0.1) is 11.7 Å². The van der Waals surface area contributed by atoms with E-state index in [-0.39, 0.29) is 23.6 Å². The van der Waals surface area contributed by atoms with Crippen LogP contribution in [0.5, 0.6) is 0 Å². The van der Waals surface area contributed by atoms with Gasteiger partial charge in [0, 0.05) is 17.5 Å². The van der Waals surface area contributed by atoms with E-state index >= 15 is 0 Å². The van der Waals surface area contributed by atoms with E-state index in [1.54, 1.807) is 6.07 Å². The van der Waals surface area contributed by atoms with E-state index in [4.69, 9.17) is 5.73 Å². The van der Waals surface area contributed by atoms with E-state index in [2.05, 4.69) is 0 Å². The van der Waals surface area contributed by atoms with Gasteiger partial charge in [0.25, 0.3) is 0 Å². The first-order chi connectivity index (χ1) is 6.59. The number of fused-ring (bicyclic) bond motifs is 1. The first-order valence-electron chi connectivity index (χ1n) is 4.68. The number of benzene rings is 1. The van der Waals surface area contributed by atoms with Crippen molar-refractivity contribution in [1.82, 2.24) is 0 Å². The fourth-order valence-electron chi connectivity index (χ4n) is 1.93. The lowest BCUT2D eigenvalue weighted by atomic mass is 9.98. The number of Topliss-reactive ketones (excluding diaryl/α,β-unsaturated/α-hetero) is 1. The maximum Gasteiger partial charge on any atom is 0.168 e. The summed E-state index contributed by atoms with van der Waals surface area (Å²) in [5.74, 6) is -0.413. The molecule has 2 rings (SSSR count). The molecule has 0 bridgehead atoms. The van der Waals surface area contributed by atoms with Gasteiger partial charge in [-0.25, -0.2) is 4.39 Å². The lowest BCUT2D eigenvalue weighted by Crippen LogP contribution is -2.30. The molecule has 2 nitrogen and oxygen atoms in total. The first-order valence-corrected chi connectivity index (χ1v) is 4.68. The Morgan fingerprint density at radius 1 is 1.57 bits per heavy atom. The van der Waals surface area contributed by atoms with Gasteiger partial charge in [0.05, 0.1) is 0 Å². The zero-order chi connectivity index (χ0) is 10.3. The molecule has 2 atom stereocenters. The van der Waals surface area contributed by atoms with E-state index in [1.807, 2.05) is 6.92 Å². The molecule has 0 saturated heterocycles. The molecule has 1 aliphatic carbocycles. The summed E-state index contributed by atoms with van der Waals surface area (Å²) in [6, 6.07) is 4.13. The molecule has 0 heterocycles. The lowest BCUT2D eigenvalue weighted by molar-refractivity contribution is 0.0924. The highest BCUT2D eigenvalue weighted by Crippen LogP contribution is 2.28. The molecule has 0 aromatic heterocycles. The van der Waals surface area contributed by atoms with Crippen LogP contribution < -0.4 is 5.73 Å². The molecule has 74 valence electrons. The minimum atomic E-state index is -0.290. The zero-order valence-corrected chi connectivity index (χ0v) is 7.96. The summed E-state index contributed by atoms with van der Waals surface area (Å²) in [6.07, 6.45) is 0.573. The molecule has 2 unspecified atom stereocenters. The Labute approximate surface area is 81.9 Å². The second-order valence-corrected chi connectivity index (χ2v) is 3.84. The molecule has 3 heteroatoms. The molecule has 1 aromatic carbocycles. The molecular weight excluding hydrogens is 181 g/mol. The van der Waals surface area contributed by atoms with Crippen LogP contribution in [-0.4, -0.2) is 11.8 Å². The highest BCUT2D eigenvalue weighted by atomic mass is 19.1. The first kappa shape index (κ1) is 9.34. The van der Waals surface area contributed by atoms with Crippen LogP contribution in [0.15, 0.2) is 18.2 Å². The third-order valence-corrected chi connectivity index (χ3v) is 2.74. The molecule has 0 saturated carbocycles. The molecule has 14 heavy (non-hydrogen) atoms. The molecule has 0 spiro atoms. The number of nitrogens with two attached hydrogens (primary N) is 1. The third-order valence-electron chi connectivity index (χ3n) is 2.74. The van der Waals surface area contributed by atoms with Crippen molar-refractivity contribution in [1.29, 1.82) is 0 Å². The molecule has 2 N–H and O–H groups in total. The van der Waals surface area contributed by atoms with E-state index in [1.165, 1.54) is 12.1 Å². The van der Waals surface area contributed by atoms with Crippen LogP contribution >= 0.6 is 0 Å². The monoisotopic (exact) mass is 193 g/mol. The average molecular weight is 193 g/mol. The maximum atomic E-state index is 12.9. The van der Waals surface area contributed by atoms with Gasteiger partial charge in [0.1, 0.15) is 5.82 Å². The Morgan fingerprint density at radius 3 is 2.93 bits per heavy atom. The van der Waals surface area contributed by atoms with Gasteiger partial charge in [-0.05, 0) is 37.1 Å². The van der Waals surface area contributed by atoms with Gasteiger partial charge in [-0.15, -0.1) is 0 Å². The van der Waals surface area contributed by atoms with Gasteiger partial charge in [-0.2, -0.15) is 0 Å². The summed E-state index contributed by atoms with van der Waals surface area (Å²) in [4.78, 5) is 11.7. The predicted octanol–water partition coefficient (Wildman–Crippen LogP) is 1.53. The minimum Gasteiger partial charge on any atom is -0.327 e. The van der Waals surface area contributed by atoms with Crippen molar-refractivity contribution in [3.8, 4) is 0 Å². The van der Waals surface area contributed by atoms with Crippen LogP contribution in [0.3, 0.4) is 0 Å². The van der Waals surface area contributed by atoms with E-state index in [9.17, 15) is 9.18 Å². The zero-order valence-electron chi connectivity index (χ0n) is 7.96. The van der Waals surface area contributed by atoms with Crippen molar-refractivity contribution in [3.63, 3.8) is 0 Å². The summed E-state index contributed by atoms with van der Waals surface area (Å²) in [5, 5.41) is 0. The van der Waals surface area contributed by atoms with E-state index in [0.717, 1.165) is 5.56 Å². The van der Waals surface area contributed by atoms with Gasteiger partial charge in [-0.1, -0.05) is 0 Å². The molecule has 0 fully saturated rings. The molecule has 0 radical (unpaired) electrons. The molecule has 0 aliphatic heterocycles. The van der Waals surface area contributed by atoms with Gasteiger partial charge < -0.3 is 5.73 Å². The minimum absolute atomic E-state index is 0.0509. The van der Waals surface area contributed by atoms with Gasteiger partial charge >= 0.3 is 0 Å². The normalized spacial score (nSPS) is 22.2. The standard InChI is InChI=1S/C11H12FNO/c1-6(13)10-5-7-4-8(12)2-3-9(7)11(10)14/h2-4,6,10H,5,13H2,1H3. The molecular formula is C11H12FNO. The summed E-state index contributed by atoms with van der Waals surface area (Å²) >= 11 is 0. The summed E-state index contributed by atoms with van der Waals surface area (Å²) in [5.41, 5.74) is 7.11.